The van der Waals surface area contributed by atoms with Crippen LogP contribution in [0.15, 0.2) is 11.4 Å². The van der Waals surface area contributed by atoms with Crippen LogP contribution in [-0.4, -0.2) is 35.6 Å². The third-order valence-electron chi connectivity index (χ3n) is 3.81. The molecule has 2 amide bonds. The first-order valence-corrected chi connectivity index (χ1v) is 9.02. The minimum Gasteiger partial charge on any atom is -0.444 e. The zero-order chi connectivity index (χ0) is 17.0. The van der Waals surface area contributed by atoms with Gasteiger partial charge in [-0.15, -0.1) is 11.3 Å². The van der Waals surface area contributed by atoms with Crippen LogP contribution in [0.4, 0.5) is 4.79 Å². The van der Waals surface area contributed by atoms with Gasteiger partial charge in [0, 0.05) is 24.4 Å². The maximum Gasteiger partial charge on any atom is 0.407 e. The maximum atomic E-state index is 12.5. The van der Waals surface area contributed by atoms with E-state index >= 15 is 0 Å². The van der Waals surface area contributed by atoms with E-state index in [0.717, 1.165) is 19.4 Å². The Bertz CT molecular complexity index is 562. The average Bonchev–Trinajstić information content (AvgIpc) is 2.92. The third-order valence-corrected chi connectivity index (χ3v) is 4.81. The fourth-order valence-electron chi connectivity index (χ4n) is 2.86. The Hall–Kier alpha value is -1.56. The van der Waals surface area contributed by atoms with Crippen LogP contribution >= 0.6 is 11.3 Å². The molecule has 0 aliphatic carbocycles. The predicted octanol–water partition coefficient (Wildman–Crippen LogP) is 3.50. The van der Waals surface area contributed by atoms with Gasteiger partial charge in [-0.25, -0.2) is 4.79 Å². The molecule has 5 nitrogen and oxygen atoms in total. The molecular formula is C17H26N2O3S. The molecular weight excluding hydrogens is 312 g/mol. The molecule has 1 unspecified atom stereocenters. The van der Waals surface area contributed by atoms with Gasteiger partial charge in [0.1, 0.15) is 5.60 Å². The SMILES string of the molecule is CCC1c2ccsc2CCN1C(=O)CCNC(=O)OC(C)(C)C. The van der Waals surface area contributed by atoms with Crippen molar-refractivity contribution in [2.45, 2.75) is 58.6 Å². The average molecular weight is 338 g/mol. The number of carbonyl (C=O) groups excluding carboxylic acids is 2. The molecule has 2 heterocycles. The molecule has 0 spiro atoms. The van der Waals surface area contributed by atoms with Gasteiger partial charge in [-0.05, 0) is 50.6 Å². The van der Waals surface area contributed by atoms with Crippen LogP contribution in [0.2, 0.25) is 0 Å². The van der Waals surface area contributed by atoms with E-state index in [0.29, 0.717) is 13.0 Å². The number of thiophene rings is 1. The molecule has 6 heteroatoms. The van der Waals surface area contributed by atoms with E-state index in [1.165, 1.54) is 10.4 Å². The number of nitrogens with one attached hydrogen (secondary N) is 1. The second kappa shape index (κ2) is 7.34. The molecule has 0 saturated heterocycles. The zero-order valence-corrected chi connectivity index (χ0v) is 15.2. The quantitative estimate of drug-likeness (QED) is 0.914. The molecule has 0 fully saturated rings. The van der Waals surface area contributed by atoms with Crippen molar-refractivity contribution in [1.29, 1.82) is 0 Å². The van der Waals surface area contributed by atoms with Crippen molar-refractivity contribution < 1.29 is 14.3 Å². The lowest BCUT2D eigenvalue weighted by Gasteiger charge is -2.35. The van der Waals surface area contributed by atoms with Crippen LogP contribution in [0.25, 0.3) is 0 Å². The molecule has 0 radical (unpaired) electrons. The number of hydrogen-bond acceptors (Lipinski definition) is 4. The van der Waals surface area contributed by atoms with Crippen LogP contribution in [0.1, 0.15) is 57.0 Å². The van der Waals surface area contributed by atoms with Gasteiger partial charge >= 0.3 is 6.09 Å². The van der Waals surface area contributed by atoms with Crippen molar-refractivity contribution in [1.82, 2.24) is 10.2 Å². The van der Waals surface area contributed by atoms with Gasteiger partial charge < -0.3 is 15.0 Å². The van der Waals surface area contributed by atoms with E-state index in [1.807, 2.05) is 25.7 Å². The molecule has 1 N–H and O–H groups in total. The standard InChI is InChI=1S/C17H26N2O3S/c1-5-13-12-8-11-23-14(12)7-10-19(13)15(20)6-9-18-16(21)22-17(2,3)4/h8,11,13H,5-7,9-10H2,1-4H3,(H,18,21). The minimum atomic E-state index is -0.524. The number of fused-ring (bicyclic) bond motifs is 1. The van der Waals surface area contributed by atoms with Crippen LogP contribution < -0.4 is 5.32 Å². The van der Waals surface area contributed by atoms with Gasteiger partial charge in [0.15, 0.2) is 0 Å². The lowest BCUT2D eigenvalue weighted by molar-refractivity contribution is -0.134. The first-order valence-electron chi connectivity index (χ1n) is 8.14. The Morgan fingerprint density at radius 1 is 1.43 bits per heavy atom. The van der Waals surface area contributed by atoms with E-state index in [1.54, 1.807) is 11.3 Å². The molecule has 1 aromatic heterocycles. The topological polar surface area (TPSA) is 58.6 Å². The number of amides is 2. The Morgan fingerprint density at radius 2 is 2.17 bits per heavy atom. The number of carbonyl (C=O) groups is 2. The smallest absolute Gasteiger partial charge is 0.407 e. The predicted molar refractivity (Wildman–Crippen MR) is 91.6 cm³/mol. The summed E-state index contributed by atoms with van der Waals surface area (Å²) in [4.78, 5) is 27.5. The molecule has 1 aliphatic heterocycles. The summed E-state index contributed by atoms with van der Waals surface area (Å²) < 4.78 is 5.17. The van der Waals surface area contributed by atoms with E-state index in [9.17, 15) is 9.59 Å². The van der Waals surface area contributed by atoms with Crippen molar-refractivity contribution in [3.63, 3.8) is 0 Å². The van der Waals surface area contributed by atoms with Crippen LogP contribution in [0, 0.1) is 0 Å². The molecule has 23 heavy (non-hydrogen) atoms. The van der Waals surface area contributed by atoms with Crippen LogP contribution in [0.5, 0.6) is 0 Å². The van der Waals surface area contributed by atoms with E-state index < -0.39 is 11.7 Å². The van der Waals surface area contributed by atoms with Crippen molar-refractivity contribution in [3.8, 4) is 0 Å². The highest BCUT2D eigenvalue weighted by Crippen LogP contribution is 2.35. The number of nitrogens with zero attached hydrogens (tertiary/aromatic N) is 1. The van der Waals surface area contributed by atoms with Crippen molar-refractivity contribution >= 4 is 23.3 Å². The number of alkyl carbamates (subject to hydrolysis) is 1. The zero-order valence-electron chi connectivity index (χ0n) is 14.3. The van der Waals surface area contributed by atoms with Gasteiger partial charge in [-0.2, -0.15) is 0 Å². The summed E-state index contributed by atoms with van der Waals surface area (Å²) in [5, 5.41) is 4.75. The lowest BCUT2D eigenvalue weighted by Crippen LogP contribution is -2.41. The Labute approximate surface area is 142 Å². The van der Waals surface area contributed by atoms with Crippen molar-refractivity contribution in [3.05, 3.63) is 21.9 Å². The summed E-state index contributed by atoms with van der Waals surface area (Å²) in [5.74, 6) is 0.0877. The van der Waals surface area contributed by atoms with Crippen LogP contribution in [-0.2, 0) is 16.0 Å². The van der Waals surface area contributed by atoms with E-state index in [4.69, 9.17) is 4.74 Å². The fraction of sp³-hybridized carbons (Fsp3) is 0.647. The summed E-state index contributed by atoms with van der Waals surface area (Å²) in [6, 6.07) is 2.30. The van der Waals surface area contributed by atoms with Gasteiger partial charge in [-0.1, -0.05) is 6.92 Å². The maximum absolute atomic E-state index is 12.5. The Morgan fingerprint density at radius 3 is 2.83 bits per heavy atom. The fourth-order valence-corrected chi connectivity index (χ4v) is 3.79. The van der Waals surface area contributed by atoms with Crippen LogP contribution in [0.3, 0.4) is 0 Å². The highest BCUT2D eigenvalue weighted by Gasteiger charge is 2.30. The molecule has 0 saturated carbocycles. The number of hydrogen-bond donors (Lipinski definition) is 1. The van der Waals surface area contributed by atoms with Gasteiger partial charge in [-0.3, -0.25) is 4.79 Å². The molecule has 128 valence electrons. The molecule has 0 aromatic carbocycles. The lowest BCUT2D eigenvalue weighted by atomic mass is 9.97. The summed E-state index contributed by atoms with van der Waals surface area (Å²) in [7, 11) is 0. The second-order valence-corrected chi connectivity index (χ2v) is 7.74. The summed E-state index contributed by atoms with van der Waals surface area (Å²) in [5.41, 5.74) is 0.765. The summed E-state index contributed by atoms with van der Waals surface area (Å²) >= 11 is 1.77. The van der Waals surface area contributed by atoms with E-state index in [-0.39, 0.29) is 11.9 Å². The molecule has 1 aromatic rings. The first-order chi connectivity index (χ1) is 10.8. The summed E-state index contributed by atoms with van der Waals surface area (Å²) in [6.07, 6.45) is 1.66. The number of ether oxygens (including phenoxy) is 1. The normalized spacial score (nSPS) is 17.6. The molecule has 1 atom stereocenters. The van der Waals surface area contributed by atoms with Gasteiger partial charge in [0.25, 0.3) is 0 Å². The number of rotatable bonds is 4. The third kappa shape index (κ3) is 4.70. The minimum absolute atomic E-state index is 0.0877. The monoisotopic (exact) mass is 338 g/mol. The van der Waals surface area contributed by atoms with Crippen molar-refractivity contribution in [2.24, 2.45) is 0 Å². The Kier molecular flexibility index (Phi) is 5.68. The Balaban J connectivity index is 1.85. The van der Waals surface area contributed by atoms with Gasteiger partial charge in [0.2, 0.25) is 5.91 Å². The highest BCUT2D eigenvalue weighted by atomic mass is 32.1. The van der Waals surface area contributed by atoms with Crippen molar-refractivity contribution in [2.75, 3.05) is 13.1 Å². The molecule has 1 aliphatic rings. The largest absolute Gasteiger partial charge is 0.444 e. The first kappa shape index (κ1) is 17.8. The van der Waals surface area contributed by atoms with Gasteiger partial charge in [0.05, 0.1) is 6.04 Å². The second-order valence-electron chi connectivity index (χ2n) is 6.74. The highest BCUT2D eigenvalue weighted by molar-refractivity contribution is 7.10. The molecule has 2 rings (SSSR count). The van der Waals surface area contributed by atoms with E-state index in [2.05, 4.69) is 23.7 Å². The molecule has 0 bridgehead atoms. The summed E-state index contributed by atoms with van der Waals surface area (Å²) in [6.45, 7) is 8.62.